The first-order valence-electron chi connectivity index (χ1n) is 10.5. The Kier molecular flexibility index (Phi) is 7.53. The number of rotatable bonds is 6. The summed E-state index contributed by atoms with van der Waals surface area (Å²) in [6, 6.07) is 12.9. The molecule has 0 atom stereocenters. The summed E-state index contributed by atoms with van der Waals surface area (Å²) in [5, 5.41) is 16.2. The highest BCUT2D eigenvalue weighted by atomic mass is 35.5. The molecule has 0 aliphatic carbocycles. The van der Waals surface area contributed by atoms with Gasteiger partial charge in [-0.25, -0.2) is 4.98 Å². The van der Waals surface area contributed by atoms with Crippen LogP contribution in [0, 0.1) is 5.21 Å². The molecular weight excluding hydrogens is 499 g/mol. The van der Waals surface area contributed by atoms with Crippen LogP contribution in [0.2, 0.25) is 10.0 Å². The number of hydrogen-bond donors (Lipinski definition) is 1. The van der Waals surface area contributed by atoms with E-state index in [2.05, 4.69) is 4.98 Å². The first-order valence-corrected chi connectivity index (χ1v) is 12.9. The summed E-state index contributed by atoms with van der Waals surface area (Å²) in [6.45, 7) is 2.76. The standard InChI is InChI=1S/C23H24Cl2N4O2S2/c1-15(30)28(33-23-27-22(14-32-23)17-3-2-4-18(26)12-17)19-7-9-29(31,10-8-19)13-16-5-6-20(24)21(25)11-16/h2-6,11-12,14,19H,7-10,13,26H2,1H3. The van der Waals surface area contributed by atoms with Gasteiger partial charge in [-0.15, -0.1) is 11.3 Å². The highest BCUT2D eigenvalue weighted by Crippen LogP contribution is 2.35. The second-order valence-electron chi connectivity index (χ2n) is 8.20. The fourth-order valence-electron chi connectivity index (χ4n) is 4.00. The molecule has 1 fully saturated rings. The molecule has 0 unspecified atom stereocenters. The number of hydroxylamine groups is 3. The van der Waals surface area contributed by atoms with Crippen molar-refractivity contribution in [1.29, 1.82) is 0 Å². The molecule has 10 heteroatoms. The number of benzene rings is 2. The lowest BCUT2D eigenvalue weighted by Crippen LogP contribution is -2.52. The minimum absolute atomic E-state index is 0.0128. The Morgan fingerprint density at radius 3 is 2.67 bits per heavy atom. The van der Waals surface area contributed by atoms with E-state index >= 15 is 0 Å². The average molecular weight is 524 g/mol. The molecule has 3 aromatic rings. The minimum Gasteiger partial charge on any atom is -0.633 e. The highest BCUT2D eigenvalue weighted by Gasteiger charge is 2.33. The molecule has 0 bridgehead atoms. The van der Waals surface area contributed by atoms with Crippen molar-refractivity contribution in [1.82, 2.24) is 9.29 Å². The number of hydrogen-bond acceptors (Lipinski definition) is 6. The van der Waals surface area contributed by atoms with Gasteiger partial charge in [-0.3, -0.25) is 9.10 Å². The average Bonchev–Trinajstić information content (AvgIpc) is 3.24. The summed E-state index contributed by atoms with van der Waals surface area (Å²) in [7, 11) is 0. The Labute approximate surface area is 211 Å². The van der Waals surface area contributed by atoms with Gasteiger partial charge in [-0.2, -0.15) is 0 Å². The number of carbonyl (C=O) groups excluding carboxylic acids is 1. The lowest BCUT2D eigenvalue weighted by Gasteiger charge is -2.48. The second kappa shape index (κ2) is 10.2. The number of thiazole rings is 1. The van der Waals surface area contributed by atoms with E-state index < -0.39 is 0 Å². The van der Waals surface area contributed by atoms with Crippen LogP contribution in [0.1, 0.15) is 25.3 Å². The van der Waals surface area contributed by atoms with Crippen molar-refractivity contribution in [2.45, 2.75) is 36.7 Å². The van der Waals surface area contributed by atoms with Gasteiger partial charge in [-0.1, -0.05) is 41.4 Å². The van der Waals surface area contributed by atoms with Gasteiger partial charge in [0.25, 0.3) is 0 Å². The van der Waals surface area contributed by atoms with Crippen molar-refractivity contribution in [3.8, 4) is 11.3 Å². The number of likely N-dealkylation sites (tertiary alicyclic amines) is 1. The van der Waals surface area contributed by atoms with Gasteiger partial charge < -0.3 is 15.6 Å². The van der Waals surface area contributed by atoms with E-state index in [-0.39, 0.29) is 16.6 Å². The van der Waals surface area contributed by atoms with E-state index in [0.717, 1.165) is 21.2 Å². The molecule has 2 heterocycles. The first-order chi connectivity index (χ1) is 15.7. The van der Waals surface area contributed by atoms with Crippen LogP contribution >= 0.6 is 46.5 Å². The smallest absolute Gasteiger partial charge is 0.229 e. The van der Waals surface area contributed by atoms with Crippen molar-refractivity contribution < 1.29 is 9.44 Å². The number of anilines is 1. The molecule has 0 saturated carbocycles. The molecule has 174 valence electrons. The van der Waals surface area contributed by atoms with Gasteiger partial charge in [-0.05, 0) is 24.3 Å². The van der Waals surface area contributed by atoms with Crippen LogP contribution in [-0.4, -0.2) is 39.0 Å². The van der Waals surface area contributed by atoms with Crippen LogP contribution in [0.5, 0.6) is 0 Å². The maximum atomic E-state index is 13.3. The first kappa shape index (κ1) is 24.3. The van der Waals surface area contributed by atoms with E-state index in [1.54, 1.807) is 23.4 Å². The molecule has 4 rings (SSSR count). The predicted molar refractivity (Wildman–Crippen MR) is 137 cm³/mol. The number of halogens is 2. The quantitative estimate of drug-likeness (QED) is 0.179. The van der Waals surface area contributed by atoms with E-state index in [1.165, 1.54) is 23.3 Å². The predicted octanol–water partition coefficient (Wildman–Crippen LogP) is 6.23. The normalized spacial score (nSPS) is 20.5. The van der Waals surface area contributed by atoms with Crippen molar-refractivity contribution >= 4 is 58.1 Å². The van der Waals surface area contributed by atoms with Crippen molar-refractivity contribution in [2.75, 3.05) is 18.8 Å². The zero-order chi connectivity index (χ0) is 23.6. The van der Waals surface area contributed by atoms with Gasteiger partial charge in [0, 0.05) is 53.9 Å². The Balaban J connectivity index is 1.40. The molecule has 2 aromatic carbocycles. The zero-order valence-electron chi connectivity index (χ0n) is 18.0. The number of quaternary nitrogens is 1. The maximum absolute atomic E-state index is 13.3. The summed E-state index contributed by atoms with van der Waals surface area (Å²) >= 11 is 14.9. The van der Waals surface area contributed by atoms with Crippen LogP contribution in [0.3, 0.4) is 0 Å². The number of nitrogen functional groups attached to an aromatic ring is 1. The Morgan fingerprint density at radius 1 is 1.24 bits per heavy atom. The van der Waals surface area contributed by atoms with Crippen LogP contribution in [0.25, 0.3) is 11.3 Å². The molecule has 1 aliphatic heterocycles. The lowest BCUT2D eigenvalue weighted by molar-refractivity contribution is -0.899. The van der Waals surface area contributed by atoms with Crippen LogP contribution in [-0.2, 0) is 11.3 Å². The molecule has 1 aromatic heterocycles. The molecule has 1 saturated heterocycles. The third kappa shape index (κ3) is 6.01. The minimum atomic E-state index is -0.332. The van der Waals surface area contributed by atoms with E-state index in [9.17, 15) is 10.0 Å². The van der Waals surface area contributed by atoms with E-state index in [0.29, 0.717) is 48.2 Å². The fraction of sp³-hybridized carbons (Fsp3) is 0.304. The summed E-state index contributed by atoms with van der Waals surface area (Å²) in [5.74, 6) is -0.0407. The highest BCUT2D eigenvalue weighted by molar-refractivity contribution is 7.99. The third-order valence-corrected chi connectivity index (χ3v) is 8.56. The van der Waals surface area contributed by atoms with E-state index in [4.69, 9.17) is 28.9 Å². The number of nitrogens with two attached hydrogens (primary N) is 1. The van der Waals surface area contributed by atoms with Crippen molar-refractivity contribution in [3.63, 3.8) is 0 Å². The summed E-state index contributed by atoms with van der Waals surface area (Å²) in [5.41, 5.74) is 9.21. The second-order valence-corrected chi connectivity index (χ2v) is 11.1. The van der Waals surface area contributed by atoms with Crippen LogP contribution < -0.4 is 5.73 Å². The third-order valence-electron chi connectivity index (χ3n) is 5.68. The molecular formula is C23H24Cl2N4O2S2. The summed E-state index contributed by atoms with van der Waals surface area (Å²) in [6.07, 6.45) is 1.26. The zero-order valence-corrected chi connectivity index (χ0v) is 21.2. The Hall–Kier alpha value is -1.81. The number of piperidine rings is 1. The fourth-order valence-corrected chi connectivity index (χ4v) is 6.22. The van der Waals surface area contributed by atoms with Crippen LogP contribution in [0.4, 0.5) is 5.69 Å². The van der Waals surface area contributed by atoms with Gasteiger partial charge in [0.2, 0.25) is 5.91 Å². The monoisotopic (exact) mass is 522 g/mol. The largest absolute Gasteiger partial charge is 0.633 e. The number of nitrogens with zero attached hydrogens (tertiary/aromatic N) is 3. The lowest BCUT2D eigenvalue weighted by atomic mass is 10.0. The van der Waals surface area contributed by atoms with Gasteiger partial charge >= 0.3 is 0 Å². The summed E-state index contributed by atoms with van der Waals surface area (Å²) < 4.78 is 2.22. The number of amides is 1. The molecule has 6 nitrogen and oxygen atoms in total. The SMILES string of the molecule is CC(=O)N(Sc1nc(-c2cccc(N)c2)cs1)C1CC[N+]([O-])(Cc2ccc(Cl)c(Cl)c2)CC1. The van der Waals surface area contributed by atoms with Crippen LogP contribution in [0.15, 0.2) is 52.2 Å². The van der Waals surface area contributed by atoms with Gasteiger partial charge in [0.05, 0.1) is 34.9 Å². The van der Waals surface area contributed by atoms with Crippen molar-refractivity contribution in [2.24, 2.45) is 0 Å². The molecule has 2 N–H and O–H groups in total. The van der Waals surface area contributed by atoms with Crippen molar-refractivity contribution in [3.05, 3.63) is 68.7 Å². The molecule has 1 aliphatic rings. The Morgan fingerprint density at radius 2 is 2.00 bits per heavy atom. The molecule has 0 spiro atoms. The molecule has 33 heavy (non-hydrogen) atoms. The topological polar surface area (TPSA) is 82.3 Å². The molecule has 0 radical (unpaired) electrons. The van der Waals surface area contributed by atoms with E-state index in [1.807, 2.05) is 35.7 Å². The van der Waals surface area contributed by atoms with Gasteiger partial charge in [0.1, 0.15) is 6.54 Å². The number of aromatic nitrogens is 1. The molecule has 1 amide bonds. The number of carbonyl (C=O) groups is 1. The Bertz CT molecular complexity index is 1150. The maximum Gasteiger partial charge on any atom is 0.229 e. The van der Waals surface area contributed by atoms with Gasteiger partial charge in [0.15, 0.2) is 4.34 Å². The summed E-state index contributed by atoms with van der Waals surface area (Å²) in [4.78, 5) is 17.1.